The minimum absolute atomic E-state index is 0.0388. The second-order valence-electron chi connectivity index (χ2n) is 5.96. The number of likely N-dealkylation sites (N-methyl/N-ethyl adjacent to an activating group) is 1. The molecular weight excluding hydrogens is 318 g/mol. The van der Waals surface area contributed by atoms with Crippen LogP contribution in [0.15, 0.2) is 36.7 Å². The van der Waals surface area contributed by atoms with E-state index in [0.717, 1.165) is 5.56 Å². The van der Waals surface area contributed by atoms with Gasteiger partial charge in [-0.1, -0.05) is 6.07 Å². The normalized spacial score (nSPS) is 19.6. The maximum Gasteiger partial charge on any atom is 0.270 e. The third kappa shape index (κ3) is 3.19. The van der Waals surface area contributed by atoms with Gasteiger partial charge in [-0.05, 0) is 30.7 Å². The molecule has 2 aromatic rings. The summed E-state index contributed by atoms with van der Waals surface area (Å²) in [5.74, 6) is -0.405. The number of nitrogens with zero attached hydrogens (tertiary/aromatic N) is 4. The summed E-state index contributed by atoms with van der Waals surface area (Å²) >= 11 is 0. The lowest BCUT2D eigenvalue weighted by Crippen LogP contribution is -2.39. The first kappa shape index (κ1) is 16.6. The average Bonchev–Trinajstić information content (AvgIpc) is 2.89. The second-order valence-corrected chi connectivity index (χ2v) is 5.96. The number of likely N-dealkylation sites (tertiary alicyclic amines) is 1. The number of amides is 2. The van der Waals surface area contributed by atoms with Gasteiger partial charge in [0.25, 0.3) is 5.91 Å². The fourth-order valence-electron chi connectivity index (χ4n) is 3.05. The van der Waals surface area contributed by atoms with Crippen LogP contribution in [0.3, 0.4) is 0 Å². The number of hydrogen-bond acceptors (Lipinski definition) is 5. The van der Waals surface area contributed by atoms with E-state index >= 15 is 0 Å². The molecule has 126 valence electrons. The minimum Gasteiger partial charge on any atom is -0.345 e. The Kier molecular flexibility index (Phi) is 4.44. The molecule has 0 spiro atoms. The highest BCUT2D eigenvalue weighted by molar-refractivity contribution is 5.93. The summed E-state index contributed by atoms with van der Waals surface area (Å²) in [6, 6.07) is 8.15. The van der Waals surface area contributed by atoms with Crippen molar-refractivity contribution in [2.75, 3.05) is 7.05 Å². The highest BCUT2D eigenvalue weighted by Gasteiger charge is 2.39. The van der Waals surface area contributed by atoms with Gasteiger partial charge in [0, 0.05) is 25.9 Å². The Morgan fingerprint density at radius 2 is 2.20 bits per heavy atom. The molecule has 0 aliphatic carbocycles. The molecule has 1 aliphatic heterocycles. The number of aromatic nitrogens is 2. The van der Waals surface area contributed by atoms with Gasteiger partial charge < -0.3 is 10.2 Å². The molecule has 25 heavy (non-hydrogen) atoms. The van der Waals surface area contributed by atoms with Crippen molar-refractivity contribution in [2.45, 2.75) is 25.4 Å². The SMILES string of the molecule is Cc1nc(C(=O)N[C@@H]2CC(=O)N(C)[C@H]2c2cccnc2)ccc1C#N. The van der Waals surface area contributed by atoms with Gasteiger partial charge in [-0.3, -0.25) is 14.6 Å². The Bertz CT molecular complexity index is 860. The molecule has 1 saturated heterocycles. The molecule has 2 amide bonds. The van der Waals surface area contributed by atoms with E-state index in [2.05, 4.69) is 15.3 Å². The lowest BCUT2D eigenvalue weighted by molar-refractivity contribution is -0.127. The summed E-state index contributed by atoms with van der Waals surface area (Å²) in [5, 5.41) is 11.9. The van der Waals surface area contributed by atoms with Crippen molar-refractivity contribution >= 4 is 11.8 Å². The largest absolute Gasteiger partial charge is 0.345 e. The fourth-order valence-corrected chi connectivity index (χ4v) is 3.05. The molecule has 7 heteroatoms. The van der Waals surface area contributed by atoms with Crippen molar-refractivity contribution in [2.24, 2.45) is 0 Å². The summed E-state index contributed by atoms with van der Waals surface area (Å²) in [7, 11) is 1.72. The first-order valence-electron chi connectivity index (χ1n) is 7.85. The highest BCUT2D eigenvalue weighted by atomic mass is 16.2. The predicted molar refractivity (Wildman–Crippen MR) is 89.3 cm³/mol. The number of nitriles is 1. The van der Waals surface area contributed by atoms with Crippen LogP contribution in [0.1, 0.15) is 39.8 Å². The molecule has 3 heterocycles. The van der Waals surface area contributed by atoms with E-state index in [1.54, 1.807) is 43.4 Å². The fraction of sp³-hybridized carbons (Fsp3) is 0.278. The number of hydrogen-bond donors (Lipinski definition) is 1. The summed E-state index contributed by atoms with van der Waals surface area (Å²) in [5.41, 5.74) is 2.02. The zero-order chi connectivity index (χ0) is 18.0. The van der Waals surface area contributed by atoms with Crippen molar-refractivity contribution < 1.29 is 9.59 Å². The van der Waals surface area contributed by atoms with Gasteiger partial charge in [-0.2, -0.15) is 5.26 Å². The van der Waals surface area contributed by atoms with Gasteiger partial charge in [0.1, 0.15) is 11.8 Å². The smallest absolute Gasteiger partial charge is 0.270 e. The zero-order valence-electron chi connectivity index (χ0n) is 13.9. The quantitative estimate of drug-likeness (QED) is 0.913. The lowest BCUT2D eigenvalue weighted by atomic mass is 10.0. The Morgan fingerprint density at radius 1 is 1.40 bits per heavy atom. The molecule has 0 saturated carbocycles. The van der Waals surface area contributed by atoms with E-state index in [-0.39, 0.29) is 36.0 Å². The summed E-state index contributed by atoms with van der Waals surface area (Å²) < 4.78 is 0. The van der Waals surface area contributed by atoms with Crippen LogP contribution in [0.25, 0.3) is 0 Å². The first-order chi connectivity index (χ1) is 12.0. The van der Waals surface area contributed by atoms with Crippen LogP contribution in [-0.2, 0) is 4.79 Å². The Labute approximate surface area is 145 Å². The number of pyridine rings is 2. The molecule has 0 bridgehead atoms. The third-order valence-corrected chi connectivity index (χ3v) is 4.37. The standard InChI is InChI=1S/C18H17N5O2/c1-11-12(9-19)5-6-14(21-11)18(25)22-15-8-16(24)23(2)17(15)13-4-3-7-20-10-13/h3-7,10,15,17H,8H2,1-2H3,(H,22,25)/t15-,17+/m1/s1. The van der Waals surface area contributed by atoms with E-state index < -0.39 is 0 Å². The molecule has 0 aromatic carbocycles. The molecule has 0 unspecified atom stereocenters. The van der Waals surface area contributed by atoms with Crippen molar-refractivity contribution in [3.05, 3.63) is 59.2 Å². The monoisotopic (exact) mass is 335 g/mol. The van der Waals surface area contributed by atoms with Crippen LogP contribution in [-0.4, -0.2) is 39.8 Å². The van der Waals surface area contributed by atoms with Crippen LogP contribution in [0.2, 0.25) is 0 Å². The Balaban J connectivity index is 1.83. The topological polar surface area (TPSA) is 99.0 Å². The maximum absolute atomic E-state index is 12.5. The first-order valence-corrected chi connectivity index (χ1v) is 7.85. The van der Waals surface area contributed by atoms with Crippen LogP contribution in [0.4, 0.5) is 0 Å². The molecule has 3 rings (SSSR count). The number of carbonyl (C=O) groups excluding carboxylic acids is 2. The van der Waals surface area contributed by atoms with Crippen LogP contribution < -0.4 is 5.32 Å². The molecule has 1 fully saturated rings. The van der Waals surface area contributed by atoms with Crippen LogP contribution in [0.5, 0.6) is 0 Å². The second kappa shape index (κ2) is 6.69. The van der Waals surface area contributed by atoms with Crippen LogP contribution >= 0.6 is 0 Å². The number of rotatable bonds is 3. The van der Waals surface area contributed by atoms with Crippen molar-refractivity contribution in [1.29, 1.82) is 5.26 Å². The molecular formula is C18H17N5O2. The average molecular weight is 335 g/mol. The van der Waals surface area contributed by atoms with E-state index in [9.17, 15) is 9.59 Å². The zero-order valence-corrected chi connectivity index (χ0v) is 13.9. The van der Waals surface area contributed by atoms with E-state index in [4.69, 9.17) is 5.26 Å². The van der Waals surface area contributed by atoms with Gasteiger partial charge in [-0.25, -0.2) is 4.98 Å². The summed E-state index contributed by atoms with van der Waals surface area (Å²) in [6.07, 6.45) is 3.58. The van der Waals surface area contributed by atoms with Crippen molar-refractivity contribution in [3.63, 3.8) is 0 Å². The van der Waals surface area contributed by atoms with Crippen molar-refractivity contribution in [1.82, 2.24) is 20.2 Å². The lowest BCUT2D eigenvalue weighted by Gasteiger charge is -2.25. The molecule has 0 radical (unpaired) electrons. The molecule has 1 N–H and O–H groups in total. The highest BCUT2D eigenvalue weighted by Crippen LogP contribution is 2.31. The van der Waals surface area contributed by atoms with Gasteiger partial charge in [-0.15, -0.1) is 0 Å². The molecule has 7 nitrogen and oxygen atoms in total. The minimum atomic E-state index is -0.369. The van der Waals surface area contributed by atoms with E-state index in [1.165, 1.54) is 6.07 Å². The van der Waals surface area contributed by atoms with E-state index in [1.807, 2.05) is 12.1 Å². The summed E-state index contributed by atoms with van der Waals surface area (Å²) in [6.45, 7) is 1.68. The van der Waals surface area contributed by atoms with Gasteiger partial charge in [0.05, 0.1) is 23.3 Å². The molecule has 2 atom stereocenters. The molecule has 1 aliphatic rings. The van der Waals surface area contributed by atoms with E-state index in [0.29, 0.717) is 11.3 Å². The maximum atomic E-state index is 12.5. The number of nitrogens with one attached hydrogen (secondary N) is 1. The molecule has 2 aromatic heterocycles. The third-order valence-electron chi connectivity index (χ3n) is 4.37. The van der Waals surface area contributed by atoms with Gasteiger partial charge >= 0.3 is 0 Å². The number of carbonyl (C=O) groups is 2. The Hall–Kier alpha value is -3.27. The van der Waals surface area contributed by atoms with Gasteiger partial charge in [0.2, 0.25) is 5.91 Å². The van der Waals surface area contributed by atoms with Crippen molar-refractivity contribution in [3.8, 4) is 6.07 Å². The van der Waals surface area contributed by atoms with Crippen LogP contribution in [0, 0.1) is 18.3 Å². The predicted octanol–water partition coefficient (Wildman–Crippen LogP) is 1.36. The van der Waals surface area contributed by atoms with Gasteiger partial charge in [0.15, 0.2) is 0 Å². The summed E-state index contributed by atoms with van der Waals surface area (Å²) in [4.78, 5) is 34.6. The Morgan fingerprint density at radius 3 is 2.84 bits per heavy atom. The number of aryl methyl sites for hydroxylation is 1.